The van der Waals surface area contributed by atoms with E-state index in [9.17, 15) is 14.0 Å². The van der Waals surface area contributed by atoms with Gasteiger partial charge in [0.2, 0.25) is 5.91 Å². The normalized spacial score (nSPS) is 11.8. The maximum Gasteiger partial charge on any atom is 0.319 e. The highest BCUT2D eigenvalue weighted by Crippen LogP contribution is 2.14. The van der Waals surface area contributed by atoms with Gasteiger partial charge in [0.1, 0.15) is 11.9 Å². The van der Waals surface area contributed by atoms with E-state index in [1.54, 1.807) is 12.1 Å². The van der Waals surface area contributed by atoms with Gasteiger partial charge in [-0.25, -0.2) is 9.18 Å². The van der Waals surface area contributed by atoms with Crippen LogP contribution in [0.3, 0.4) is 0 Å². The zero-order valence-corrected chi connectivity index (χ0v) is 12.1. The summed E-state index contributed by atoms with van der Waals surface area (Å²) < 4.78 is 18.4. The second-order valence-corrected chi connectivity index (χ2v) is 4.49. The number of anilines is 1. The Morgan fingerprint density at radius 1 is 1.43 bits per heavy atom. The Labute approximate surface area is 122 Å². The number of hydrogen-bond donors (Lipinski definition) is 3. The van der Waals surface area contributed by atoms with E-state index in [1.807, 2.05) is 6.92 Å². The van der Waals surface area contributed by atoms with Crippen LogP contribution in [0.2, 0.25) is 0 Å². The summed E-state index contributed by atoms with van der Waals surface area (Å²) in [5.74, 6) is -1.05. The summed E-state index contributed by atoms with van der Waals surface area (Å²) >= 11 is 0. The van der Waals surface area contributed by atoms with Crippen LogP contribution >= 0.6 is 0 Å². The van der Waals surface area contributed by atoms with Crippen molar-refractivity contribution in [2.75, 3.05) is 19.0 Å². The fourth-order valence-corrected chi connectivity index (χ4v) is 1.76. The van der Waals surface area contributed by atoms with Crippen LogP contribution in [0.15, 0.2) is 18.2 Å². The summed E-state index contributed by atoms with van der Waals surface area (Å²) in [6.45, 7) is 2.12. The lowest BCUT2D eigenvalue weighted by Crippen LogP contribution is -2.46. The molecule has 1 aromatic carbocycles. The van der Waals surface area contributed by atoms with Crippen LogP contribution in [-0.2, 0) is 16.0 Å². The number of ether oxygens (including phenoxy) is 1. The molecule has 0 aliphatic heterocycles. The first-order valence-corrected chi connectivity index (χ1v) is 6.62. The summed E-state index contributed by atoms with van der Waals surface area (Å²) in [5.41, 5.74) is 6.05. The van der Waals surface area contributed by atoms with Gasteiger partial charge in [-0.05, 0) is 30.5 Å². The molecule has 0 fully saturated rings. The van der Waals surface area contributed by atoms with E-state index in [2.05, 4.69) is 10.6 Å². The van der Waals surface area contributed by atoms with Gasteiger partial charge in [0.25, 0.3) is 0 Å². The number of carbonyl (C=O) groups excluding carboxylic acids is 2. The molecule has 0 aliphatic carbocycles. The number of rotatable bonds is 7. The molecule has 0 saturated carbocycles. The van der Waals surface area contributed by atoms with Crippen molar-refractivity contribution in [3.63, 3.8) is 0 Å². The zero-order valence-electron chi connectivity index (χ0n) is 12.1. The highest BCUT2D eigenvalue weighted by atomic mass is 19.1. The van der Waals surface area contributed by atoms with Crippen molar-refractivity contribution in [1.82, 2.24) is 5.32 Å². The minimum atomic E-state index is -0.843. The molecule has 1 rings (SSSR count). The lowest BCUT2D eigenvalue weighted by Gasteiger charge is -2.15. The predicted octanol–water partition coefficient (Wildman–Crippen LogP) is 1.40. The van der Waals surface area contributed by atoms with Crippen LogP contribution in [0.4, 0.5) is 14.9 Å². The molecule has 0 saturated heterocycles. The summed E-state index contributed by atoms with van der Waals surface area (Å²) in [6, 6.07) is 2.95. The van der Waals surface area contributed by atoms with E-state index < -0.39 is 18.0 Å². The Bertz CT molecular complexity index is 508. The van der Waals surface area contributed by atoms with Crippen molar-refractivity contribution < 1.29 is 18.7 Å². The Morgan fingerprint density at radius 2 is 2.14 bits per heavy atom. The van der Waals surface area contributed by atoms with Gasteiger partial charge in [-0.2, -0.15) is 0 Å². The second-order valence-electron chi connectivity index (χ2n) is 4.49. The molecule has 21 heavy (non-hydrogen) atoms. The highest BCUT2D eigenvalue weighted by Gasteiger charge is 2.17. The standard InChI is InChI=1S/C14H20FN3O3/c1-3-9-4-5-10(8-11(9)15)17-14(20)18-12(13(16)19)6-7-21-2/h4-5,8,12H,3,6-7H2,1-2H3,(H2,16,19)(H2,17,18,20)/t12-/m1/s1. The quantitative estimate of drug-likeness (QED) is 0.710. The fraction of sp³-hybridized carbons (Fsp3) is 0.429. The van der Waals surface area contributed by atoms with Crippen molar-refractivity contribution in [3.05, 3.63) is 29.6 Å². The van der Waals surface area contributed by atoms with Crippen LogP contribution < -0.4 is 16.4 Å². The molecular formula is C14H20FN3O3. The van der Waals surface area contributed by atoms with E-state index in [0.29, 0.717) is 17.7 Å². The number of aryl methyl sites for hydroxylation is 1. The number of nitrogens with one attached hydrogen (secondary N) is 2. The topological polar surface area (TPSA) is 93.4 Å². The van der Waals surface area contributed by atoms with Crippen LogP contribution in [0.5, 0.6) is 0 Å². The molecule has 0 aromatic heterocycles. The van der Waals surface area contributed by atoms with E-state index in [1.165, 1.54) is 13.2 Å². The van der Waals surface area contributed by atoms with Gasteiger partial charge in [-0.15, -0.1) is 0 Å². The minimum absolute atomic E-state index is 0.266. The molecule has 0 radical (unpaired) electrons. The SMILES string of the molecule is CCc1ccc(NC(=O)N[C@H](CCOC)C(N)=O)cc1F. The third kappa shape index (κ3) is 5.39. The van der Waals surface area contributed by atoms with Crippen molar-refractivity contribution in [3.8, 4) is 0 Å². The lowest BCUT2D eigenvalue weighted by molar-refractivity contribution is -0.120. The first-order chi connectivity index (χ1) is 9.97. The number of carbonyl (C=O) groups is 2. The molecule has 0 heterocycles. The first-order valence-electron chi connectivity index (χ1n) is 6.62. The third-order valence-electron chi connectivity index (χ3n) is 2.95. The number of hydrogen-bond acceptors (Lipinski definition) is 3. The Balaban J connectivity index is 2.63. The first kappa shape index (κ1) is 16.9. The van der Waals surface area contributed by atoms with Crippen molar-refractivity contribution in [2.45, 2.75) is 25.8 Å². The number of nitrogens with two attached hydrogens (primary N) is 1. The Morgan fingerprint density at radius 3 is 2.67 bits per heavy atom. The average molecular weight is 297 g/mol. The van der Waals surface area contributed by atoms with E-state index in [-0.39, 0.29) is 18.8 Å². The average Bonchev–Trinajstić information content (AvgIpc) is 2.43. The molecule has 4 N–H and O–H groups in total. The van der Waals surface area contributed by atoms with E-state index in [0.717, 1.165) is 0 Å². The Hall–Kier alpha value is -2.15. The van der Waals surface area contributed by atoms with Gasteiger partial charge >= 0.3 is 6.03 Å². The Kier molecular flexibility index (Phi) is 6.61. The van der Waals surface area contributed by atoms with Gasteiger partial charge in [-0.3, -0.25) is 4.79 Å². The monoisotopic (exact) mass is 297 g/mol. The molecule has 0 unspecified atom stereocenters. The summed E-state index contributed by atoms with van der Waals surface area (Å²) in [6.07, 6.45) is 0.835. The fourth-order valence-electron chi connectivity index (χ4n) is 1.76. The molecule has 1 aromatic rings. The predicted molar refractivity (Wildman–Crippen MR) is 77.4 cm³/mol. The van der Waals surface area contributed by atoms with Gasteiger partial charge in [0, 0.05) is 19.4 Å². The second kappa shape index (κ2) is 8.21. The largest absolute Gasteiger partial charge is 0.385 e. The lowest BCUT2D eigenvalue weighted by atomic mass is 10.1. The van der Waals surface area contributed by atoms with E-state index in [4.69, 9.17) is 10.5 Å². The van der Waals surface area contributed by atoms with Crippen LogP contribution in [0.25, 0.3) is 0 Å². The third-order valence-corrected chi connectivity index (χ3v) is 2.95. The maximum atomic E-state index is 13.6. The molecule has 0 bridgehead atoms. The molecule has 7 heteroatoms. The summed E-state index contributed by atoms with van der Waals surface area (Å²) in [7, 11) is 1.48. The molecule has 1 atom stereocenters. The van der Waals surface area contributed by atoms with Gasteiger partial charge in [0.05, 0.1) is 0 Å². The minimum Gasteiger partial charge on any atom is -0.385 e. The van der Waals surface area contributed by atoms with Gasteiger partial charge < -0.3 is 21.1 Å². The smallest absolute Gasteiger partial charge is 0.319 e. The number of halogens is 1. The number of amides is 3. The summed E-state index contributed by atoms with van der Waals surface area (Å²) in [5, 5.41) is 4.88. The molecule has 3 amide bonds. The highest BCUT2D eigenvalue weighted by molar-refractivity contribution is 5.93. The number of primary amides is 1. The number of methoxy groups -OCH3 is 1. The van der Waals surface area contributed by atoms with E-state index >= 15 is 0 Å². The summed E-state index contributed by atoms with van der Waals surface area (Å²) in [4.78, 5) is 23.0. The van der Waals surface area contributed by atoms with Crippen LogP contribution in [0, 0.1) is 5.82 Å². The zero-order chi connectivity index (χ0) is 15.8. The van der Waals surface area contributed by atoms with Crippen molar-refractivity contribution >= 4 is 17.6 Å². The maximum absolute atomic E-state index is 13.6. The van der Waals surface area contributed by atoms with Crippen LogP contribution in [0.1, 0.15) is 18.9 Å². The van der Waals surface area contributed by atoms with Gasteiger partial charge in [-0.1, -0.05) is 13.0 Å². The molecule has 116 valence electrons. The molecule has 0 aliphatic rings. The van der Waals surface area contributed by atoms with Crippen molar-refractivity contribution in [2.24, 2.45) is 5.73 Å². The van der Waals surface area contributed by atoms with Gasteiger partial charge in [0.15, 0.2) is 0 Å². The molecule has 0 spiro atoms. The number of urea groups is 1. The number of benzene rings is 1. The van der Waals surface area contributed by atoms with Crippen LogP contribution in [-0.4, -0.2) is 31.7 Å². The molecular weight excluding hydrogens is 277 g/mol. The molecule has 6 nitrogen and oxygen atoms in total. The van der Waals surface area contributed by atoms with Crippen molar-refractivity contribution in [1.29, 1.82) is 0 Å².